The number of aromatic nitrogens is 2. The van der Waals surface area contributed by atoms with Gasteiger partial charge in [-0.3, -0.25) is 14.3 Å². The molecule has 0 saturated carbocycles. The van der Waals surface area contributed by atoms with Gasteiger partial charge in [0, 0.05) is 11.4 Å². The Morgan fingerprint density at radius 1 is 1.19 bits per heavy atom. The number of fused-ring (bicyclic) bond motifs is 3. The summed E-state index contributed by atoms with van der Waals surface area (Å²) >= 11 is 1.74. The summed E-state index contributed by atoms with van der Waals surface area (Å²) < 4.78 is 7.85. The van der Waals surface area contributed by atoms with Crippen molar-refractivity contribution in [2.24, 2.45) is 0 Å². The first-order valence-electron chi connectivity index (χ1n) is 11.6. The van der Waals surface area contributed by atoms with Crippen LogP contribution in [0.1, 0.15) is 54.9 Å². The maximum atomic E-state index is 13.6. The highest BCUT2D eigenvalue weighted by Gasteiger charge is 2.22. The van der Waals surface area contributed by atoms with Gasteiger partial charge in [-0.25, -0.2) is 4.98 Å². The lowest BCUT2D eigenvalue weighted by atomic mass is 9.97. The van der Waals surface area contributed by atoms with Gasteiger partial charge in [-0.2, -0.15) is 0 Å². The molecule has 0 aliphatic heterocycles. The average Bonchev–Trinajstić information content (AvgIpc) is 3.15. The van der Waals surface area contributed by atoms with Crippen molar-refractivity contribution >= 4 is 21.6 Å². The van der Waals surface area contributed by atoms with E-state index in [1.165, 1.54) is 28.8 Å². The Kier molecular flexibility index (Phi) is 7.08. The molecule has 4 rings (SSSR count). The van der Waals surface area contributed by atoms with Gasteiger partial charge in [-0.1, -0.05) is 26.0 Å². The summed E-state index contributed by atoms with van der Waals surface area (Å²) in [4.78, 5) is 23.3. The van der Waals surface area contributed by atoms with E-state index in [2.05, 4.69) is 31.7 Å². The highest BCUT2D eigenvalue weighted by molar-refractivity contribution is 7.18. The number of thiophene rings is 1. The second kappa shape index (κ2) is 9.96. The van der Waals surface area contributed by atoms with Crippen molar-refractivity contribution in [1.82, 2.24) is 14.5 Å². The summed E-state index contributed by atoms with van der Waals surface area (Å²) in [6.07, 6.45) is 5.27. The molecule has 5 nitrogen and oxygen atoms in total. The van der Waals surface area contributed by atoms with Crippen LogP contribution in [0, 0.1) is 6.92 Å². The Balaban J connectivity index is 1.60. The third-order valence-corrected chi connectivity index (χ3v) is 7.38. The van der Waals surface area contributed by atoms with E-state index in [9.17, 15) is 4.79 Å². The minimum Gasteiger partial charge on any atom is -0.494 e. The number of aryl methyl sites for hydroxylation is 3. The van der Waals surface area contributed by atoms with E-state index >= 15 is 0 Å². The molecule has 1 aliphatic rings. The molecule has 1 aromatic carbocycles. The molecule has 3 aromatic rings. The van der Waals surface area contributed by atoms with E-state index in [4.69, 9.17) is 9.72 Å². The van der Waals surface area contributed by atoms with Gasteiger partial charge in [0.2, 0.25) is 0 Å². The van der Waals surface area contributed by atoms with Gasteiger partial charge in [0.05, 0.1) is 18.5 Å². The predicted molar refractivity (Wildman–Crippen MR) is 128 cm³/mol. The Morgan fingerprint density at radius 3 is 2.77 bits per heavy atom. The summed E-state index contributed by atoms with van der Waals surface area (Å²) in [6, 6.07) is 8.10. The highest BCUT2D eigenvalue weighted by atomic mass is 32.1. The summed E-state index contributed by atoms with van der Waals surface area (Å²) in [5, 5.41) is 0.877. The SMILES string of the molecule is CCN(CC)Cc1nc2sc3c(c2c(=O)n1CCCOc1cccc(C)c1)CCCC3. The van der Waals surface area contributed by atoms with E-state index < -0.39 is 0 Å². The molecule has 0 amide bonds. The van der Waals surface area contributed by atoms with Crippen LogP contribution in [0.15, 0.2) is 29.1 Å². The number of hydrogen-bond acceptors (Lipinski definition) is 5. The van der Waals surface area contributed by atoms with Crippen molar-refractivity contribution in [1.29, 1.82) is 0 Å². The van der Waals surface area contributed by atoms with Gasteiger partial charge in [-0.05, 0) is 75.4 Å². The van der Waals surface area contributed by atoms with Crippen LogP contribution in [-0.4, -0.2) is 34.1 Å². The van der Waals surface area contributed by atoms with Crippen molar-refractivity contribution in [2.75, 3.05) is 19.7 Å². The molecule has 2 heterocycles. The molecule has 0 radical (unpaired) electrons. The number of hydrogen-bond donors (Lipinski definition) is 0. The zero-order valence-electron chi connectivity index (χ0n) is 18.9. The van der Waals surface area contributed by atoms with E-state index in [0.29, 0.717) is 19.7 Å². The molecule has 0 spiro atoms. The standard InChI is InChI=1S/C25H33N3O2S/c1-4-27(5-2)17-22-26-24-23(20-12-6-7-13-21(20)31-24)25(29)28(22)14-9-15-30-19-11-8-10-18(3)16-19/h8,10-11,16H,4-7,9,12-15,17H2,1-3H3. The van der Waals surface area contributed by atoms with Crippen LogP contribution in [0.2, 0.25) is 0 Å². The zero-order valence-corrected chi connectivity index (χ0v) is 19.8. The fourth-order valence-corrected chi connectivity index (χ4v) is 5.67. The quantitative estimate of drug-likeness (QED) is 0.442. The lowest BCUT2D eigenvalue weighted by Gasteiger charge is -2.20. The van der Waals surface area contributed by atoms with Crippen LogP contribution < -0.4 is 10.3 Å². The van der Waals surface area contributed by atoms with Crippen LogP contribution >= 0.6 is 11.3 Å². The molecule has 0 bridgehead atoms. The molecule has 6 heteroatoms. The van der Waals surface area contributed by atoms with Crippen molar-refractivity contribution in [3.8, 4) is 5.75 Å². The molecule has 0 N–H and O–H groups in total. The third-order valence-electron chi connectivity index (χ3n) is 6.20. The molecule has 2 aromatic heterocycles. The highest BCUT2D eigenvalue weighted by Crippen LogP contribution is 2.33. The van der Waals surface area contributed by atoms with Crippen LogP contribution in [-0.2, 0) is 25.9 Å². The largest absolute Gasteiger partial charge is 0.494 e. The summed E-state index contributed by atoms with van der Waals surface area (Å²) in [7, 11) is 0. The van der Waals surface area contributed by atoms with Crippen LogP contribution in [0.3, 0.4) is 0 Å². The second-order valence-electron chi connectivity index (χ2n) is 8.36. The fourth-order valence-electron chi connectivity index (χ4n) is 4.40. The zero-order chi connectivity index (χ0) is 21.8. The second-order valence-corrected chi connectivity index (χ2v) is 9.44. The first-order valence-corrected chi connectivity index (χ1v) is 12.4. The van der Waals surface area contributed by atoms with E-state index in [0.717, 1.165) is 54.1 Å². The van der Waals surface area contributed by atoms with E-state index in [-0.39, 0.29) is 5.56 Å². The van der Waals surface area contributed by atoms with Gasteiger partial charge in [0.15, 0.2) is 0 Å². The number of rotatable bonds is 9. The van der Waals surface area contributed by atoms with Gasteiger partial charge < -0.3 is 4.74 Å². The predicted octanol–water partition coefficient (Wildman–Crippen LogP) is 4.96. The molecule has 1 aliphatic carbocycles. The first kappa shape index (κ1) is 22.0. The number of ether oxygens (including phenoxy) is 1. The molecule has 166 valence electrons. The van der Waals surface area contributed by atoms with E-state index in [1.807, 2.05) is 22.8 Å². The fraction of sp³-hybridized carbons (Fsp3) is 0.520. The Bertz CT molecular complexity index is 1100. The average molecular weight is 440 g/mol. The maximum absolute atomic E-state index is 13.6. The minimum atomic E-state index is 0.141. The van der Waals surface area contributed by atoms with Gasteiger partial charge in [-0.15, -0.1) is 11.3 Å². The molecule has 0 atom stereocenters. The number of nitrogens with zero attached hydrogens (tertiary/aromatic N) is 3. The lowest BCUT2D eigenvalue weighted by Crippen LogP contribution is -2.31. The summed E-state index contributed by atoms with van der Waals surface area (Å²) in [5.74, 6) is 1.77. The molecular formula is C25H33N3O2S. The Morgan fingerprint density at radius 2 is 2.00 bits per heavy atom. The molecular weight excluding hydrogens is 406 g/mol. The Hall–Kier alpha value is -2.18. The normalized spacial score (nSPS) is 13.7. The van der Waals surface area contributed by atoms with Crippen molar-refractivity contribution in [3.63, 3.8) is 0 Å². The smallest absolute Gasteiger partial charge is 0.262 e. The van der Waals surface area contributed by atoms with E-state index in [1.54, 1.807) is 11.3 Å². The van der Waals surface area contributed by atoms with Crippen molar-refractivity contribution in [2.45, 2.75) is 66.0 Å². The first-order chi connectivity index (χ1) is 15.1. The Labute approximate surface area is 188 Å². The summed E-state index contributed by atoms with van der Waals surface area (Å²) in [6.45, 7) is 10.2. The number of benzene rings is 1. The van der Waals surface area contributed by atoms with Crippen LogP contribution in [0.4, 0.5) is 0 Å². The van der Waals surface area contributed by atoms with Gasteiger partial charge in [0.25, 0.3) is 5.56 Å². The van der Waals surface area contributed by atoms with Crippen LogP contribution in [0.25, 0.3) is 10.2 Å². The third kappa shape index (κ3) is 4.85. The maximum Gasteiger partial charge on any atom is 0.262 e. The summed E-state index contributed by atoms with van der Waals surface area (Å²) in [5.41, 5.74) is 2.59. The molecule has 0 fully saturated rings. The molecule has 0 unspecified atom stereocenters. The topological polar surface area (TPSA) is 47.4 Å². The molecule has 0 saturated heterocycles. The van der Waals surface area contributed by atoms with Crippen LogP contribution in [0.5, 0.6) is 5.75 Å². The van der Waals surface area contributed by atoms with Gasteiger partial charge >= 0.3 is 0 Å². The van der Waals surface area contributed by atoms with Crippen molar-refractivity contribution < 1.29 is 4.74 Å². The molecule has 31 heavy (non-hydrogen) atoms. The monoisotopic (exact) mass is 439 g/mol. The van der Waals surface area contributed by atoms with Gasteiger partial charge in [0.1, 0.15) is 16.4 Å². The van der Waals surface area contributed by atoms with Crippen molar-refractivity contribution in [3.05, 3.63) is 56.4 Å². The minimum absolute atomic E-state index is 0.141. The lowest BCUT2D eigenvalue weighted by molar-refractivity contribution is 0.274.